The van der Waals surface area contributed by atoms with Crippen LogP contribution in [-0.2, 0) is 0 Å². The van der Waals surface area contributed by atoms with Crippen LogP contribution in [0.3, 0.4) is 0 Å². The van der Waals surface area contributed by atoms with E-state index >= 15 is 0 Å². The van der Waals surface area contributed by atoms with Crippen molar-refractivity contribution in [3.63, 3.8) is 0 Å². The molecule has 0 N–H and O–H groups in total. The van der Waals surface area contributed by atoms with Crippen molar-refractivity contribution in [2.45, 2.75) is 27.7 Å². The molecule has 0 aromatic heterocycles. The van der Waals surface area contributed by atoms with Gasteiger partial charge in [0, 0.05) is 0 Å². The molecular weight excluding hydrogens is 219 g/mol. The molecule has 0 spiro atoms. The van der Waals surface area contributed by atoms with Crippen molar-refractivity contribution in [1.29, 1.82) is 0 Å². The Morgan fingerprint density at radius 2 is 1.46 bits per heavy atom. The summed E-state index contributed by atoms with van der Waals surface area (Å²) in [6.07, 6.45) is 4.91. The van der Waals surface area contributed by atoms with Crippen LogP contribution < -0.4 is 0 Å². The van der Waals surface area contributed by atoms with Crippen LogP contribution in [0.15, 0.2) is 0 Å². The fourth-order valence-corrected chi connectivity index (χ4v) is 7.12. The molecule has 0 fully saturated rings. The Kier molecular flexibility index (Phi) is 6.31. The van der Waals surface area contributed by atoms with Gasteiger partial charge in [0.1, 0.15) is 0 Å². The number of halogens is 1. The first-order valence-corrected chi connectivity index (χ1v) is 10.4. The maximum absolute atomic E-state index is 6.90. The van der Waals surface area contributed by atoms with E-state index in [0.29, 0.717) is 0 Å². The summed E-state index contributed by atoms with van der Waals surface area (Å²) in [4.78, 5) is 0. The third-order valence-electron chi connectivity index (χ3n) is 3.37. The molecule has 0 amide bonds. The zero-order valence-electron chi connectivity index (χ0n) is 9.48. The summed E-state index contributed by atoms with van der Waals surface area (Å²) in [5.74, 6) is 0.709. The zero-order valence-corrected chi connectivity index (χ0v) is 11.9. The summed E-state index contributed by atoms with van der Waals surface area (Å²) >= 11 is 8.93. The molecule has 0 nitrogen and oxygen atoms in total. The predicted molar refractivity (Wildman–Crippen MR) is 72.3 cm³/mol. The van der Waals surface area contributed by atoms with Gasteiger partial charge in [-0.3, -0.25) is 0 Å². The van der Waals surface area contributed by atoms with Crippen molar-refractivity contribution in [3.05, 3.63) is 0 Å². The van der Waals surface area contributed by atoms with E-state index in [9.17, 15) is 0 Å². The molecule has 0 atom stereocenters. The van der Waals surface area contributed by atoms with Gasteiger partial charge in [0.05, 0.1) is 0 Å². The second kappa shape index (κ2) is 5.83. The van der Waals surface area contributed by atoms with Crippen molar-refractivity contribution >= 4 is 29.0 Å². The van der Waals surface area contributed by atoms with E-state index in [1.54, 1.807) is 0 Å². The van der Waals surface area contributed by atoms with Gasteiger partial charge in [-0.05, 0) is 0 Å². The van der Waals surface area contributed by atoms with Gasteiger partial charge < -0.3 is 0 Å². The maximum atomic E-state index is 6.90. The fraction of sp³-hybridized carbons (Fsp3) is 1.00. The van der Waals surface area contributed by atoms with Crippen LogP contribution in [0.5, 0.6) is 0 Å². The molecule has 0 aliphatic heterocycles. The third kappa shape index (κ3) is 3.98. The topological polar surface area (TPSA) is 0 Å². The quantitative estimate of drug-likeness (QED) is 0.468. The van der Waals surface area contributed by atoms with Gasteiger partial charge >= 0.3 is 92.8 Å². The first kappa shape index (κ1) is 14.1. The Morgan fingerprint density at radius 1 is 1.00 bits per heavy atom. The molecule has 0 aromatic carbocycles. The average Bonchev–Trinajstić information content (AvgIpc) is 2.19. The van der Waals surface area contributed by atoms with Gasteiger partial charge in [-0.1, -0.05) is 0 Å². The van der Waals surface area contributed by atoms with Crippen LogP contribution in [0.2, 0.25) is 0 Å². The standard InChI is InChI=1S/C10H24ClPS/c1-5-12(11,6-2,7-3)9-10-13-8-4/h5-10H2,1-4H3. The molecule has 3 heteroatoms. The zero-order chi connectivity index (χ0) is 10.4. The van der Waals surface area contributed by atoms with Crippen molar-refractivity contribution in [2.24, 2.45) is 0 Å². The third-order valence-corrected chi connectivity index (χ3v) is 13.3. The van der Waals surface area contributed by atoms with Gasteiger partial charge in [0.15, 0.2) is 0 Å². The van der Waals surface area contributed by atoms with E-state index in [4.69, 9.17) is 11.2 Å². The van der Waals surface area contributed by atoms with Gasteiger partial charge in [-0.2, -0.15) is 0 Å². The SMILES string of the molecule is CCSCCP(Cl)(CC)(CC)CC. The first-order valence-electron chi connectivity index (χ1n) is 5.34. The molecule has 0 aromatic rings. The molecule has 82 valence electrons. The Balaban J connectivity index is 4.23. The second-order valence-corrected chi connectivity index (χ2v) is 13.9. The summed E-state index contributed by atoms with van der Waals surface area (Å²) in [5.41, 5.74) is 0. The monoisotopic (exact) mass is 242 g/mol. The minimum absolute atomic E-state index is 1.21. The average molecular weight is 243 g/mol. The van der Waals surface area contributed by atoms with E-state index < -0.39 is 5.96 Å². The van der Waals surface area contributed by atoms with E-state index in [1.165, 1.54) is 36.2 Å². The second-order valence-electron chi connectivity index (χ2n) is 3.69. The van der Waals surface area contributed by atoms with Gasteiger partial charge in [0.2, 0.25) is 0 Å². The molecule has 0 heterocycles. The molecule has 0 unspecified atom stereocenters. The van der Waals surface area contributed by atoms with E-state index in [-0.39, 0.29) is 0 Å². The van der Waals surface area contributed by atoms with Crippen LogP contribution in [-0.4, -0.2) is 36.2 Å². The summed E-state index contributed by atoms with van der Waals surface area (Å²) in [6, 6.07) is 0. The summed E-state index contributed by atoms with van der Waals surface area (Å²) < 4.78 is 0. The fourth-order valence-electron chi connectivity index (χ4n) is 1.58. The molecule has 0 saturated heterocycles. The Bertz CT molecular complexity index is 135. The number of hydrogen-bond acceptors (Lipinski definition) is 1. The van der Waals surface area contributed by atoms with Crippen LogP contribution in [0.1, 0.15) is 27.7 Å². The van der Waals surface area contributed by atoms with Crippen molar-refractivity contribution < 1.29 is 0 Å². The van der Waals surface area contributed by atoms with Crippen molar-refractivity contribution in [1.82, 2.24) is 0 Å². The number of thioether (sulfide) groups is 1. The van der Waals surface area contributed by atoms with Crippen LogP contribution >= 0.6 is 29.0 Å². The van der Waals surface area contributed by atoms with Crippen molar-refractivity contribution in [3.8, 4) is 0 Å². The summed E-state index contributed by atoms with van der Waals surface area (Å²) in [7, 11) is 0. The molecule has 0 aliphatic rings. The molecule has 0 saturated carbocycles. The molecule has 0 rings (SSSR count). The molecule has 0 bridgehead atoms. The first-order chi connectivity index (χ1) is 6.04. The summed E-state index contributed by atoms with van der Waals surface area (Å²) in [5, 5.41) is 0. The molecule has 0 aliphatic carbocycles. The Labute approximate surface area is 92.9 Å². The molecule has 0 radical (unpaired) electrons. The van der Waals surface area contributed by atoms with E-state index in [0.717, 1.165) is 0 Å². The number of hydrogen-bond donors (Lipinski definition) is 0. The predicted octanol–water partition coefficient (Wildman–Crippen LogP) is 4.51. The Hall–Kier alpha value is 1.07. The van der Waals surface area contributed by atoms with Crippen LogP contribution in [0, 0.1) is 0 Å². The molecule has 13 heavy (non-hydrogen) atoms. The van der Waals surface area contributed by atoms with Crippen molar-refractivity contribution in [2.75, 3.05) is 36.2 Å². The van der Waals surface area contributed by atoms with E-state index in [2.05, 4.69) is 27.7 Å². The number of rotatable bonds is 7. The van der Waals surface area contributed by atoms with Crippen LogP contribution in [0.25, 0.3) is 0 Å². The normalized spacial score (nSPS) is 15.3. The van der Waals surface area contributed by atoms with Gasteiger partial charge in [-0.15, -0.1) is 0 Å². The summed E-state index contributed by atoms with van der Waals surface area (Å²) in [6.45, 7) is 9.04. The van der Waals surface area contributed by atoms with E-state index in [1.807, 2.05) is 11.8 Å². The molecular formula is C10H24ClPS. The van der Waals surface area contributed by atoms with Gasteiger partial charge in [-0.25, -0.2) is 0 Å². The van der Waals surface area contributed by atoms with Gasteiger partial charge in [0.25, 0.3) is 0 Å². The Morgan fingerprint density at radius 3 is 1.77 bits per heavy atom. The minimum atomic E-state index is -1.77. The van der Waals surface area contributed by atoms with Crippen LogP contribution in [0.4, 0.5) is 0 Å².